The molecule has 1 saturated heterocycles. The van der Waals surface area contributed by atoms with Crippen LogP contribution in [0.25, 0.3) is 0 Å². The van der Waals surface area contributed by atoms with E-state index < -0.39 is 12.2 Å². The standard InChI is InChI=1S/C22H38N2O4/c25-19(17-27-21-7-3-1-4-8-21)15-23-11-13-24(14-12-23)16-20(26)18-28-22-9-5-2-6-10-22/h1-3,5,19-22,25-26H,4,6-18H2. The van der Waals surface area contributed by atoms with E-state index in [0.717, 1.165) is 64.7 Å². The van der Waals surface area contributed by atoms with Gasteiger partial charge in [0.2, 0.25) is 0 Å². The van der Waals surface area contributed by atoms with Crippen LogP contribution in [-0.4, -0.2) is 96.9 Å². The van der Waals surface area contributed by atoms with E-state index in [2.05, 4.69) is 34.1 Å². The molecule has 0 aromatic carbocycles. The molecule has 1 fully saturated rings. The summed E-state index contributed by atoms with van der Waals surface area (Å²) in [7, 11) is 0. The molecule has 1 aliphatic heterocycles. The Morgan fingerprint density at radius 1 is 0.714 bits per heavy atom. The number of ether oxygens (including phenoxy) is 2. The van der Waals surface area contributed by atoms with Gasteiger partial charge in [0.05, 0.1) is 37.6 Å². The highest BCUT2D eigenvalue weighted by Crippen LogP contribution is 2.16. The molecule has 0 aromatic rings. The lowest BCUT2D eigenvalue weighted by Crippen LogP contribution is -2.51. The first-order chi connectivity index (χ1) is 13.7. The third-order valence-corrected chi connectivity index (χ3v) is 5.89. The SMILES string of the molecule is OC(COC1CC=CCC1)CN1CCN(CC(O)COC2CC=CCC2)CC1. The summed E-state index contributed by atoms with van der Waals surface area (Å²) in [4.78, 5) is 4.59. The smallest absolute Gasteiger partial charge is 0.0900 e. The quantitative estimate of drug-likeness (QED) is 0.549. The predicted molar refractivity (Wildman–Crippen MR) is 110 cm³/mol. The Morgan fingerprint density at radius 3 is 1.50 bits per heavy atom. The van der Waals surface area contributed by atoms with Crippen LogP contribution in [0.4, 0.5) is 0 Å². The van der Waals surface area contributed by atoms with Crippen LogP contribution in [0.2, 0.25) is 0 Å². The lowest BCUT2D eigenvalue weighted by Gasteiger charge is -2.36. The van der Waals surface area contributed by atoms with E-state index in [9.17, 15) is 10.2 Å². The first-order valence-corrected chi connectivity index (χ1v) is 11.0. The highest BCUT2D eigenvalue weighted by molar-refractivity contribution is 4.91. The van der Waals surface area contributed by atoms with Crippen LogP contribution in [0, 0.1) is 0 Å². The highest BCUT2D eigenvalue weighted by Gasteiger charge is 2.22. The molecule has 0 amide bonds. The van der Waals surface area contributed by atoms with E-state index >= 15 is 0 Å². The maximum Gasteiger partial charge on any atom is 0.0900 e. The van der Waals surface area contributed by atoms with E-state index in [4.69, 9.17) is 9.47 Å². The average molecular weight is 395 g/mol. The van der Waals surface area contributed by atoms with Crippen molar-refractivity contribution in [1.29, 1.82) is 0 Å². The van der Waals surface area contributed by atoms with Crippen molar-refractivity contribution < 1.29 is 19.7 Å². The molecule has 0 radical (unpaired) electrons. The van der Waals surface area contributed by atoms with Crippen LogP contribution in [0.1, 0.15) is 38.5 Å². The zero-order chi connectivity index (χ0) is 19.6. The molecule has 160 valence electrons. The van der Waals surface area contributed by atoms with E-state index in [0.29, 0.717) is 26.3 Å². The number of aliphatic hydroxyl groups excluding tert-OH is 2. The summed E-state index contributed by atoms with van der Waals surface area (Å²) in [6, 6.07) is 0. The molecule has 0 aromatic heterocycles. The van der Waals surface area contributed by atoms with Crippen molar-refractivity contribution in [2.24, 2.45) is 0 Å². The maximum atomic E-state index is 10.3. The van der Waals surface area contributed by atoms with E-state index in [1.165, 1.54) is 0 Å². The van der Waals surface area contributed by atoms with Gasteiger partial charge in [-0.25, -0.2) is 0 Å². The number of hydrogen-bond acceptors (Lipinski definition) is 6. The fourth-order valence-corrected chi connectivity index (χ4v) is 4.18. The summed E-state index contributed by atoms with van der Waals surface area (Å²) in [5.41, 5.74) is 0. The van der Waals surface area contributed by atoms with E-state index in [-0.39, 0.29) is 12.2 Å². The zero-order valence-corrected chi connectivity index (χ0v) is 17.1. The molecule has 4 atom stereocenters. The summed E-state index contributed by atoms with van der Waals surface area (Å²) in [5.74, 6) is 0. The largest absolute Gasteiger partial charge is 0.389 e. The number of β-amino-alcohol motifs (C(OH)–C–C–N with tert-alkyl or cyclic N) is 2. The second kappa shape index (κ2) is 12.1. The van der Waals surface area contributed by atoms with Gasteiger partial charge in [0, 0.05) is 39.3 Å². The third kappa shape index (κ3) is 7.93. The molecule has 6 nitrogen and oxygen atoms in total. The van der Waals surface area contributed by atoms with Gasteiger partial charge in [-0.3, -0.25) is 9.80 Å². The third-order valence-electron chi connectivity index (χ3n) is 5.89. The fraction of sp³-hybridized carbons (Fsp3) is 0.818. The second-order valence-corrected chi connectivity index (χ2v) is 8.39. The lowest BCUT2D eigenvalue weighted by atomic mass is 10.0. The van der Waals surface area contributed by atoms with Gasteiger partial charge >= 0.3 is 0 Å². The first kappa shape index (κ1) is 21.9. The average Bonchev–Trinajstić information content (AvgIpc) is 2.74. The van der Waals surface area contributed by atoms with Crippen LogP contribution >= 0.6 is 0 Å². The molecule has 28 heavy (non-hydrogen) atoms. The van der Waals surface area contributed by atoms with Crippen molar-refractivity contribution in [2.75, 3.05) is 52.5 Å². The Hall–Kier alpha value is -0.760. The van der Waals surface area contributed by atoms with E-state index in [1.807, 2.05) is 0 Å². The number of allylic oxidation sites excluding steroid dienone is 2. The molecule has 1 heterocycles. The molecule has 3 rings (SSSR count). The Labute approximate surface area is 169 Å². The van der Waals surface area contributed by atoms with Gasteiger partial charge in [-0.2, -0.15) is 0 Å². The van der Waals surface area contributed by atoms with Crippen LogP contribution in [0.3, 0.4) is 0 Å². The summed E-state index contributed by atoms with van der Waals surface area (Å²) >= 11 is 0. The number of hydrogen-bond donors (Lipinski definition) is 2. The van der Waals surface area contributed by atoms with Crippen molar-refractivity contribution in [1.82, 2.24) is 9.80 Å². The summed E-state index contributed by atoms with van der Waals surface area (Å²) in [6.07, 6.45) is 14.6. The summed E-state index contributed by atoms with van der Waals surface area (Å²) < 4.78 is 11.7. The van der Waals surface area contributed by atoms with Gasteiger partial charge in [-0.1, -0.05) is 24.3 Å². The molecule has 3 aliphatic rings. The van der Waals surface area contributed by atoms with Crippen molar-refractivity contribution in [3.8, 4) is 0 Å². The van der Waals surface area contributed by atoms with Crippen LogP contribution in [0.5, 0.6) is 0 Å². The van der Waals surface area contributed by atoms with Crippen molar-refractivity contribution in [2.45, 2.75) is 62.9 Å². The number of nitrogens with zero attached hydrogens (tertiary/aromatic N) is 2. The highest BCUT2D eigenvalue weighted by atomic mass is 16.5. The molecule has 2 N–H and O–H groups in total. The Morgan fingerprint density at radius 2 is 1.14 bits per heavy atom. The normalized spacial score (nSPS) is 29.1. The minimum absolute atomic E-state index is 0.268. The van der Waals surface area contributed by atoms with Gasteiger partial charge in [0.1, 0.15) is 0 Å². The zero-order valence-electron chi connectivity index (χ0n) is 17.1. The van der Waals surface area contributed by atoms with Gasteiger partial charge in [0.15, 0.2) is 0 Å². The predicted octanol–water partition coefficient (Wildman–Crippen LogP) is 1.58. The van der Waals surface area contributed by atoms with Gasteiger partial charge in [-0.15, -0.1) is 0 Å². The Bertz CT molecular complexity index is 447. The molecular formula is C22H38N2O4. The Balaban J connectivity index is 1.24. The van der Waals surface area contributed by atoms with Crippen LogP contribution < -0.4 is 0 Å². The molecule has 4 unspecified atom stereocenters. The van der Waals surface area contributed by atoms with Gasteiger partial charge in [0.25, 0.3) is 0 Å². The first-order valence-electron chi connectivity index (χ1n) is 11.0. The topological polar surface area (TPSA) is 65.4 Å². The molecule has 2 aliphatic carbocycles. The Kier molecular flexibility index (Phi) is 9.44. The number of aliphatic hydroxyl groups is 2. The van der Waals surface area contributed by atoms with Crippen LogP contribution in [-0.2, 0) is 9.47 Å². The fourth-order valence-electron chi connectivity index (χ4n) is 4.18. The number of rotatable bonds is 10. The molecular weight excluding hydrogens is 356 g/mol. The minimum Gasteiger partial charge on any atom is -0.389 e. The molecule has 6 heteroatoms. The van der Waals surface area contributed by atoms with Crippen molar-refractivity contribution in [3.63, 3.8) is 0 Å². The number of piperazine rings is 1. The second-order valence-electron chi connectivity index (χ2n) is 8.39. The molecule has 0 spiro atoms. The summed E-state index contributed by atoms with van der Waals surface area (Å²) in [6.45, 7) is 5.85. The van der Waals surface area contributed by atoms with E-state index in [1.54, 1.807) is 0 Å². The van der Waals surface area contributed by atoms with Gasteiger partial charge in [-0.05, 0) is 38.5 Å². The lowest BCUT2D eigenvalue weighted by molar-refractivity contribution is -0.0384. The van der Waals surface area contributed by atoms with Crippen molar-refractivity contribution >= 4 is 0 Å². The van der Waals surface area contributed by atoms with Crippen LogP contribution in [0.15, 0.2) is 24.3 Å². The molecule has 0 saturated carbocycles. The molecule has 0 bridgehead atoms. The minimum atomic E-state index is -0.430. The van der Waals surface area contributed by atoms with Crippen molar-refractivity contribution in [3.05, 3.63) is 24.3 Å². The summed E-state index contributed by atoms with van der Waals surface area (Å²) in [5, 5.41) is 20.6. The monoisotopic (exact) mass is 394 g/mol. The maximum absolute atomic E-state index is 10.3. The van der Waals surface area contributed by atoms with Gasteiger partial charge < -0.3 is 19.7 Å².